The molecule has 1 unspecified atom stereocenters. The molecule has 1 aromatic carbocycles. The van der Waals surface area contributed by atoms with Gasteiger partial charge >= 0.3 is 0 Å². The van der Waals surface area contributed by atoms with E-state index in [1.807, 2.05) is 12.1 Å². The molecule has 1 amide bonds. The predicted octanol–water partition coefficient (Wildman–Crippen LogP) is 1.14. The van der Waals surface area contributed by atoms with Crippen molar-refractivity contribution < 1.29 is 9.32 Å². The summed E-state index contributed by atoms with van der Waals surface area (Å²) in [6.45, 7) is 3.54. The Bertz CT molecular complexity index is 600. The molecule has 6 nitrogen and oxygen atoms in total. The van der Waals surface area contributed by atoms with E-state index in [-0.39, 0.29) is 11.9 Å². The van der Waals surface area contributed by atoms with Crippen LogP contribution in [0.3, 0.4) is 0 Å². The third-order valence-corrected chi connectivity index (χ3v) is 3.33. The summed E-state index contributed by atoms with van der Waals surface area (Å²) in [6, 6.07) is 7.43. The van der Waals surface area contributed by atoms with Crippen molar-refractivity contribution in [3.63, 3.8) is 0 Å². The van der Waals surface area contributed by atoms with Crippen LogP contribution in [0.2, 0.25) is 0 Å². The quantitative estimate of drug-likeness (QED) is 0.875. The smallest absolute Gasteiger partial charge is 0.251 e. The number of hydrogen-bond acceptors (Lipinski definition) is 5. The Morgan fingerprint density at radius 2 is 2.20 bits per heavy atom. The van der Waals surface area contributed by atoms with Crippen LogP contribution in [0.25, 0.3) is 11.4 Å². The van der Waals surface area contributed by atoms with Gasteiger partial charge in [-0.15, -0.1) is 0 Å². The largest absolute Gasteiger partial charge is 0.348 e. The molecule has 2 aromatic rings. The van der Waals surface area contributed by atoms with Crippen molar-refractivity contribution in [2.45, 2.75) is 19.4 Å². The second kappa shape index (κ2) is 5.42. The first kappa shape index (κ1) is 12.8. The fraction of sp³-hybridized carbons (Fsp3) is 0.357. The Morgan fingerprint density at radius 3 is 2.80 bits per heavy atom. The van der Waals surface area contributed by atoms with Gasteiger partial charge in [-0.25, -0.2) is 0 Å². The van der Waals surface area contributed by atoms with Crippen molar-refractivity contribution in [3.8, 4) is 11.4 Å². The number of aromatic nitrogens is 2. The maximum atomic E-state index is 12.1. The molecule has 1 aliphatic rings. The molecule has 3 rings (SSSR count). The molecule has 2 N–H and O–H groups in total. The predicted molar refractivity (Wildman–Crippen MR) is 73.2 cm³/mol. The first-order chi connectivity index (χ1) is 9.72. The molecule has 0 saturated carbocycles. The number of carbonyl (C=O) groups is 1. The number of benzene rings is 1. The number of rotatable bonds is 3. The molecule has 1 fully saturated rings. The zero-order valence-corrected chi connectivity index (χ0v) is 11.2. The first-order valence-corrected chi connectivity index (χ1v) is 6.65. The van der Waals surface area contributed by atoms with E-state index in [4.69, 9.17) is 4.52 Å². The number of carbonyl (C=O) groups excluding carboxylic acids is 1. The van der Waals surface area contributed by atoms with Gasteiger partial charge < -0.3 is 15.2 Å². The Morgan fingerprint density at radius 1 is 1.40 bits per heavy atom. The van der Waals surface area contributed by atoms with Crippen molar-refractivity contribution in [2.24, 2.45) is 0 Å². The molecule has 0 bridgehead atoms. The number of nitrogens with zero attached hydrogens (tertiary/aromatic N) is 2. The van der Waals surface area contributed by atoms with E-state index in [9.17, 15) is 4.79 Å². The number of hydrogen-bond donors (Lipinski definition) is 2. The molecule has 0 spiro atoms. The minimum atomic E-state index is -0.0467. The molecule has 104 valence electrons. The number of aryl methyl sites for hydroxylation is 1. The normalized spacial score (nSPS) is 18.1. The topological polar surface area (TPSA) is 80.0 Å². The summed E-state index contributed by atoms with van der Waals surface area (Å²) in [5.74, 6) is 1.01. The van der Waals surface area contributed by atoms with Crippen LogP contribution in [0.15, 0.2) is 28.8 Å². The minimum Gasteiger partial charge on any atom is -0.348 e. The van der Waals surface area contributed by atoms with Crippen molar-refractivity contribution in [1.29, 1.82) is 0 Å². The van der Waals surface area contributed by atoms with Crippen molar-refractivity contribution >= 4 is 5.91 Å². The maximum absolute atomic E-state index is 12.1. The van der Waals surface area contributed by atoms with Gasteiger partial charge in [0.1, 0.15) is 0 Å². The molecule has 20 heavy (non-hydrogen) atoms. The molecule has 1 saturated heterocycles. The lowest BCUT2D eigenvalue weighted by Crippen LogP contribution is -2.36. The van der Waals surface area contributed by atoms with Crippen LogP contribution in [0.4, 0.5) is 0 Å². The molecule has 0 aliphatic carbocycles. The SMILES string of the molecule is Cc1nc(-c2ccc(C(=O)NC3CCNC3)cc2)no1. The van der Waals surface area contributed by atoms with E-state index in [1.165, 1.54) is 0 Å². The lowest BCUT2D eigenvalue weighted by atomic mass is 10.1. The third kappa shape index (κ3) is 2.70. The highest BCUT2D eigenvalue weighted by atomic mass is 16.5. The molecule has 1 aliphatic heterocycles. The number of nitrogens with one attached hydrogen (secondary N) is 2. The standard InChI is InChI=1S/C14H16N4O2/c1-9-16-13(18-20-9)10-2-4-11(5-3-10)14(19)17-12-6-7-15-8-12/h2-5,12,15H,6-8H2,1H3,(H,17,19). The Hall–Kier alpha value is -2.21. The van der Waals surface area contributed by atoms with Gasteiger partial charge in [0.05, 0.1) is 0 Å². The monoisotopic (exact) mass is 272 g/mol. The summed E-state index contributed by atoms with van der Waals surface area (Å²) in [7, 11) is 0. The molecule has 1 aromatic heterocycles. The minimum absolute atomic E-state index is 0.0467. The number of amides is 1. The zero-order valence-electron chi connectivity index (χ0n) is 11.2. The highest BCUT2D eigenvalue weighted by molar-refractivity contribution is 5.94. The molecular formula is C14H16N4O2. The molecule has 6 heteroatoms. The van der Waals surface area contributed by atoms with Crippen LogP contribution in [-0.4, -0.2) is 35.2 Å². The van der Waals surface area contributed by atoms with Gasteiger partial charge in [0.2, 0.25) is 11.7 Å². The van der Waals surface area contributed by atoms with E-state index in [2.05, 4.69) is 20.8 Å². The lowest BCUT2D eigenvalue weighted by molar-refractivity contribution is 0.0940. The molecule has 1 atom stereocenters. The maximum Gasteiger partial charge on any atom is 0.251 e. The molecule has 2 heterocycles. The van der Waals surface area contributed by atoms with E-state index < -0.39 is 0 Å². The molecular weight excluding hydrogens is 256 g/mol. The summed E-state index contributed by atoms with van der Waals surface area (Å²) in [5, 5.41) is 10.1. The van der Waals surface area contributed by atoms with Crippen molar-refractivity contribution in [3.05, 3.63) is 35.7 Å². The van der Waals surface area contributed by atoms with Crippen LogP contribution < -0.4 is 10.6 Å². The van der Waals surface area contributed by atoms with Crippen molar-refractivity contribution in [1.82, 2.24) is 20.8 Å². The Kier molecular flexibility index (Phi) is 3.47. The van der Waals surface area contributed by atoms with Crippen LogP contribution in [0.5, 0.6) is 0 Å². The van der Waals surface area contributed by atoms with Gasteiger partial charge in [0.25, 0.3) is 5.91 Å². The highest BCUT2D eigenvalue weighted by Crippen LogP contribution is 2.16. The van der Waals surface area contributed by atoms with E-state index in [1.54, 1.807) is 19.1 Å². The summed E-state index contributed by atoms with van der Waals surface area (Å²) < 4.78 is 4.94. The average molecular weight is 272 g/mol. The van der Waals surface area contributed by atoms with Gasteiger partial charge in [-0.2, -0.15) is 4.98 Å². The van der Waals surface area contributed by atoms with Crippen LogP contribution in [-0.2, 0) is 0 Å². The summed E-state index contributed by atoms with van der Waals surface area (Å²) in [5.41, 5.74) is 1.47. The summed E-state index contributed by atoms with van der Waals surface area (Å²) in [4.78, 5) is 16.2. The van der Waals surface area contributed by atoms with E-state index in [0.29, 0.717) is 17.3 Å². The second-order valence-corrected chi connectivity index (χ2v) is 4.88. The van der Waals surface area contributed by atoms with Gasteiger partial charge in [-0.05, 0) is 25.1 Å². The second-order valence-electron chi connectivity index (χ2n) is 4.88. The fourth-order valence-electron chi connectivity index (χ4n) is 2.23. The van der Waals surface area contributed by atoms with Crippen LogP contribution >= 0.6 is 0 Å². The third-order valence-electron chi connectivity index (χ3n) is 3.33. The zero-order chi connectivity index (χ0) is 13.9. The Balaban J connectivity index is 1.70. The van der Waals surface area contributed by atoms with Gasteiger partial charge in [-0.1, -0.05) is 17.3 Å². The summed E-state index contributed by atoms with van der Waals surface area (Å²) >= 11 is 0. The molecule has 0 radical (unpaired) electrons. The van der Waals surface area contributed by atoms with Gasteiger partial charge in [0, 0.05) is 30.6 Å². The average Bonchev–Trinajstić information content (AvgIpc) is 3.10. The van der Waals surface area contributed by atoms with E-state index >= 15 is 0 Å². The fourth-order valence-corrected chi connectivity index (χ4v) is 2.23. The van der Waals surface area contributed by atoms with E-state index in [0.717, 1.165) is 25.1 Å². The Labute approximate surface area is 116 Å². The van der Waals surface area contributed by atoms with Gasteiger partial charge in [0.15, 0.2) is 0 Å². The summed E-state index contributed by atoms with van der Waals surface area (Å²) in [6.07, 6.45) is 0.978. The van der Waals surface area contributed by atoms with Crippen LogP contribution in [0.1, 0.15) is 22.7 Å². The van der Waals surface area contributed by atoms with Crippen LogP contribution in [0, 0.1) is 6.92 Å². The van der Waals surface area contributed by atoms with Crippen molar-refractivity contribution in [2.75, 3.05) is 13.1 Å². The lowest BCUT2D eigenvalue weighted by Gasteiger charge is -2.11. The highest BCUT2D eigenvalue weighted by Gasteiger charge is 2.17. The van der Waals surface area contributed by atoms with Gasteiger partial charge in [-0.3, -0.25) is 4.79 Å². The first-order valence-electron chi connectivity index (χ1n) is 6.65.